The molecule has 0 saturated carbocycles. The summed E-state index contributed by atoms with van der Waals surface area (Å²) in [6.07, 6.45) is 2.08. The minimum atomic E-state index is -0.0535. The van der Waals surface area contributed by atoms with Gasteiger partial charge in [-0.3, -0.25) is 0 Å². The van der Waals surface area contributed by atoms with Crippen molar-refractivity contribution in [3.8, 4) is 0 Å². The highest BCUT2D eigenvalue weighted by Crippen LogP contribution is 2.17. The molecule has 1 aliphatic rings. The van der Waals surface area contributed by atoms with Crippen molar-refractivity contribution >= 4 is 23.3 Å². The lowest BCUT2D eigenvalue weighted by Crippen LogP contribution is -2.46. The third-order valence-electron chi connectivity index (χ3n) is 3.97. The number of urea groups is 1. The molecule has 1 N–H and O–H groups in total. The molecule has 2 rings (SSSR count). The van der Waals surface area contributed by atoms with E-state index in [1.165, 1.54) is 0 Å². The molecule has 1 aromatic rings. The van der Waals surface area contributed by atoms with Crippen molar-refractivity contribution < 1.29 is 4.79 Å². The molecule has 1 saturated heterocycles. The Morgan fingerprint density at radius 1 is 1.35 bits per heavy atom. The van der Waals surface area contributed by atoms with Gasteiger partial charge in [0, 0.05) is 36.9 Å². The SMILES string of the molecule is CCN1CCC(N(C)C(=O)Nc2ccc(Cl)cc2)CC1. The molecule has 0 aromatic heterocycles. The first kappa shape index (κ1) is 15.1. The Morgan fingerprint density at radius 3 is 2.50 bits per heavy atom. The zero-order valence-electron chi connectivity index (χ0n) is 12.1. The van der Waals surface area contributed by atoms with Gasteiger partial charge in [-0.05, 0) is 43.7 Å². The van der Waals surface area contributed by atoms with Crippen LogP contribution in [0.25, 0.3) is 0 Å². The maximum Gasteiger partial charge on any atom is 0.321 e. The van der Waals surface area contributed by atoms with Gasteiger partial charge in [-0.25, -0.2) is 4.79 Å². The number of nitrogens with zero attached hydrogens (tertiary/aromatic N) is 2. The van der Waals surface area contributed by atoms with E-state index in [4.69, 9.17) is 11.6 Å². The van der Waals surface area contributed by atoms with E-state index in [9.17, 15) is 4.79 Å². The van der Waals surface area contributed by atoms with E-state index in [2.05, 4.69) is 17.1 Å². The van der Waals surface area contributed by atoms with E-state index in [0.717, 1.165) is 38.2 Å². The third kappa shape index (κ3) is 3.87. The summed E-state index contributed by atoms with van der Waals surface area (Å²) in [5, 5.41) is 3.58. The molecule has 0 unspecified atom stereocenters. The Kier molecular flexibility index (Phi) is 5.26. The number of hydrogen-bond acceptors (Lipinski definition) is 2. The van der Waals surface area contributed by atoms with Gasteiger partial charge in [0.05, 0.1) is 0 Å². The molecule has 1 heterocycles. The van der Waals surface area contributed by atoms with Crippen LogP contribution in [0.2, 0.25) is 5.02 Å². The summed E-state index contributed by atoms with van der Waals surface area (Å²) < 4.78 is 0. The lowest BCUT2D eigenvalue weighted by Gasteiger charge is -2.36. The van der Waals surface area contributed by atoms with Crippen molar-refractivity contribution in [2.75, 3.05) is 32.0 Å². The van der Waals surface area contributed by atoms with E-state index in [-0.39, 0.29) is 6.03 Å². The van der Waals surface area contributed by atoms with Crippen LogP contribution in [-0.2, 0) is 0 Å². The summed E-state index contributed by atoms with van der Waals surface area (Å²) in [4.78, 5) is 16.5. The monoisotopic (exact) mass is 295 g/mol. The van der Waals surface area contributed by atoms with Gasteiger partial charge in [0.1, 0.15) is 0 Å². The maximum atomic E-state index is 12.2. The van der Waals surface area contributed by atoms with Crippen LogP contribution in [0.3, 0.4) is 0 Å². The van der Waals surface area contributed by atoms with Crippen LogP contribution in [0.5, 0.6) is 0 Å². The lowest BCUT2D eigenvalue weighted by molar-refractivity contribution is 0.145. The Bertz CT molecular complexity index is 441. The summed E-state index contributed by atoms with van der Waals surface area (Å²) in [6, 6.07) is 7.45. The molecular weight excluding hydrogens is 274 g/mol. The van der Waals surface area contributed by atoms with E-state index >= 15 is 0 Å². The van der Waals surface area contributed by atoms with Crippen LogP contribution in [0.1, 0.15) is 19.8 Å². The minimum absolute atomic E-state index is 0.0535. The fourth-order valence-electron chi connectivity index (χ4n) is 2.53. The standard InChI is InChI=1S/C15H22ClN3O/c1-3-19-10-8-14(9-11-19)18(2)15(20)17-13-6-4-12(16)5-7-13/h4-7,14H,3,8-11H2,1-2H3,(H,17,20). The van der Waals surface area contributed by atoms with Crippen LogP contribution >= 0.6 is 11.6 Å². The summed E-state index contributed by atoms with van der Waals surface area (Å²) in [7, 11) is 1.87. The number of rotatable bonds is 3. The van der Waals surface area contributed by atoms with Gasteiger partial charge in [-0.1, -0.05) is 18.5 Å². The predicted molar refractivity (Wildman–Crippen MR) is 83.4 cm³/mol. The summed E-state index contributed by atoms with van der Waals surface area (Å²) in [5.74, 6) is 0. The van der Waals surface area contributed by atoms with Crippen LogP contribution in [0, 0.1) is 0 Å². The number of anilines is 1. The number of carbonyl (C=O) groups excluding carboxylic acids is 1. The summed E-state index contributed by atoms with van der Waals surface area (Å²) >= 11 is 5.83. The second-order valence-corrected chi connectivity index (χ2v) is 5.65. The molecule has 5 heteroatoms. The second kappa shape index (κ2) is 6.95. The minimum Gasteiger partial charge on any atom is -0.325 e. The molecule has 1 aromatic carbocycles. The Labute approximate surface area is 125 Å². The quantitative estimate of drug-likeness (QED) is 0.929. The lowest BCUT2D eigenvalue weighted by atomic mass is 10.0. The second-order valence-electron chi connectivity index (χ2n) is 5.21. The van der Waals surface area contributed by atoms with Crippen molar-refractivity contribution in [3.05, 3.63) is 29.3 Å². The summed E-state index contributed by atoms with van der Waals surface area (Å²) in [5.41, 5.74) is 0.775. The van der Waals surface area contributed by atoms with Gasteiger partial charge < -0.3 is 15.1 Å². The molecule has 0 spiro atoms. The van der Waals surface area contributed by atoms with Gasteiger partial charge in [0.2, 0.25) is 0 Å². The molecular formula is C15H22ClN3O. The fraction of sp³-hybridized carbons (Fsp3) is 0.533. The first-order valence-electron chi connectivity index (χ1n) is 7.12. The normalized spacial score (nSPS) is 16.9. The van der Waals surface area contributed by atoms with Crippen LogP contribution < -0.4 is 5.32 Å². The van der Waals surface area contributed by atoms with Crippen LogP contribution in [0.4, 0.5) is 10.5 Å². The van der Waals surface area contributed by atoms with Gasteiger partial charge in [0.15, 0.2) is 0 Å². The molecule has 0 radical (unpaired) electrons. The molecule has 4 nitrogen and oxygen atoms in total. The molecule has 0 bridgehead atoms. The Morgan fingerprint density at radius 2 is 1.95 bits per heavy atom. The first-order chi connectivity index (χ1) is 9.60. The highest BCUT2D eigenvalue weighted by atomic mass is 35.5. The van der Waals surface area contributed by atoms with Crippen molar-refractivity contribution in [1.29, 1.82) is 0 Å². The average molecular weight is 296 g/mol. The molecule has 110 valence electrons. The fourth-order valence-corrected chi connectivity index (χ4v) is 2.66. The molecule has 0 aliphatic carbocycles. The molecule has 0 atom stereocenters. The highest BCUT2D eigenvalue weighted by molar-refractivity contribution is 6.30. The average Bonchev–Trinajstić information content (AvgIpc) is 2.49. The van der Waals surface area contributed by atoms with Gasteiger partial charge in [-0.15, -0.1) is 0 Å². The number of halogens is 1. The molecule has 20 heavy (non-hydrogen) atoms. The van der Waals surface area contributed by atoms with Crippen molar-refractivity contribution in [2.24, 2.45) is 0 Å². The number of piperidine rings is 1. The van der Waals surface area contributed by atoms with Gasteiger partial charge >= 0.3 is 6.03 Å². The Hall–Kier alpha value is -1.26. The topological polar surface area (TPSA) is 35.6 Å². The number of hydrogen-bond donors (Lipinski definition) is 1. The van der Waals surface area contributed by atoms with E-state index < -0.39 is 0 Å². The molecule has 2 amide bonds. The highest BCUT2D eigenvalue weighted by Gasteiger charge is 2.24. The van der Waals surface area contributed by atoms with E-state index in [1.807, 2.05) is 24.1 Å². The van der Waals surface area contributed by atoms with Crippen molar-refractivity contribution in [1.82, 2.24) is 9.80 Å². The van der Waals surface area contributed by atoms with Crippen LogP contribution in [0.15, 0.2) is 24.3 Å². The number of carbonyl (C=O) groups is 1. The third-order valence-corrected chi connectivity index (χ3v) is 4.22. The van der Waals surface area contributed by atoms with Crippen molar-refractivity contribution in [3.63, 3.8) is 0 Å². The number of amides is 2. The van der Waals surface area contributed by atoms with E-state index in [0.29, 0.717) is 11.1 Å². The smallest absolute Gasteiger partial charge is 0.321 e. The summed E-state index contributed by atoms with van der Waals surface area (Å²) in [6.45, 7) is 5.41. The molecule has 1 fully saturated rings. The first-order valence-corrected chi connectivity index (χ1v) is 7.49. The number of likely N-dealkylation sites (tertiary alicyclic amines) is 1. The van der Waals surface area contributed by atoms with Crippen molar-refractivity contribution in [2.45, 2.75) is 25.8 Å². The van der Waals surface area contributed by atoms with Gasteiger partial charge in [0.25, 0.3) is 0 Å². The Balaban J connectivity index is 1.87. The largest absolute Gasteiger partial charge is 0.325 e. The zero-order chi connectivity index (χ0) is 14.5. The van der Waals surface area contributed by atoms with E-state index in [1.54, 1.807) is 12.1 Å². The predicted octanol–water partition coefficient (Wildman–Crippen LogP) is 3.29. The van der Waals surface area contributed by atoms with Gasteiger partial charge in [-0.2, -0.15) is 0 Å². The number of benzene rings is 1. The molecule has 1 aliphatic heterocycles. The zero-order valence-corrected chi connectivity index (χ0v) is 12.9. The maximum absolute atomic E-state index is 12.2. The van der Waals surface area contributed by atoms with Crippen LogP contribution in [-0.4, -0.2) is 48.6 Å². The number of nitrogens with one attached hydrogen (secondary N) is 1.